The van der Waals surface area contributed by atoms with Gasteiger partial charge in [0.1, 0.15) is 0 Å². The minimum absolute atomic E-state index is 0.0508. The van der Waals surface area contributed by atoms with E-state index in [9.17, 15) is 13.2 Å². The largest absolute Gasteiger partial charge is 0.326 e. The third-order valence-corrected chi connectivity index (χ3v) is 7.20. The number of carbonyl (C=O) groups is 1. The molecule has 1 atom stereocenters. The molecule has 1 saturated heterocycles. The Balaban J connectivity index is 1.74. The van der Waals surface area contributed by atoms with Crippen LogP contribution in [0.5, 0.6) is 0 Å². The number of amides is 1. The van der Waals surface area contributed by atoms with E-state index >= 15 is 0 Å². The molecule has 138 valence electrons. The summed E-state index contributed by atoms with van der Waals surface area (Å²) < 4.78 is 27.4. The van der Waals surface area contributed by atoms with Crippen LogP contribution in [-0.4, -0.2) is 44.8 Å². The molecule has 2 N–H and O–H groups in total. The van der Waals surface area contributed by atoms with Crippen molar-refractivity contribution in [3.63, 3.8) is 0 Å². The molecule has 1 aromatic carbocycles. The lowest BCUT2D eigenvalue weighted by Gasteiger charge is -2.30. The van der Waals surface area contributed by atoms with Crippen molar-refractivity contribution in [3.8, 4) is 0 Å². The van der Waals surface area contributed by atoms with Gasteiger partial charge in [-0.3, -0.25) is 4.79 Å². The van der Waals surface area contributed by atoms with Crippen LogP contribution >= 0.6 is 0 Å². The van der Waals surface area contributed by atoms with Gasteiger partial charge in [0.2, 0.25) is 15.9 Å². The molecule has 1 saturated carbocycles. The number of hydrogen-bond donors (Lipinski definition) is 2. The number of hydrogen-bond acceptors (Lipinski definition) is 4. The summed E-state index contributed by atoms with van der Waals surface area (Å²) in [6, 6.07) is 6.65. The predicted octanol–water partition coefficient (Wildman–Crippen LogP) is 2.19. The molecule has 2 aliphatic rings. The number of nitrogens with one attached hydrogen (secondary N) is 2. The van der Waals surface area contributed by atoms with Gasteiger partial charge in [-0.2, -0.15) is 4.31 Å². The van der Waals surface area contributed by atoms with Crippen LogP contribution in [0.25, 0.3) is 0 Å². The van der Waals surface area contributed by atoms with E-state index in [0.717, 1.165) is 38.6 Å². The van der Waals surface area contributed by atoms with Crippen molar-refractivity contribution >= 4 is 21.6 Å². The SMILES string of the molecule is CN(C1CCCCC1)S(=O)(=O)c1cccc(NC(=O)C2CCNC2)c1. The fourth-order valence-electron chi connectivity index (χ4n) is 3.66. The summed E-state index contributed by atoms with van der Waals surface area (Å²) in [5.74, 6) is -0.106. The van der Waals surface area contributed by atoms with Crippen LogP contribution in [0.3, 0.4) is 0 Å². The molecule has 1 heterocycles. The number of rotatable bonds is 5. The second-order valence-corrected chi connectivity index (χ2v) is 9.02. The maximum Gasteiger partial charge on any atom is 0.243 e. The summed E-state index contributed by atoms with van der Waals surface area (Å²) in [7, 11) is -1.88. The molecule has 7 heteroatoms. The zero-order chi connectivity index (χ0) is 17.9. The van der Waals surface area contributed by atoms with Crippen LogP contribution in [0.15, 0.2) is 29.2 Å². The van der Waals surface area contributed by atoms with Gasteiger partial charge >= 0.3 is 0 Å². The average Bonchev–Trinajstić information content (AvgIpc) is 3.17. The lowest BCUT2D eigenvalue weighted by molar-refractivity contribution is -0.119. The molecule has 1 unspecified atom stereocenters. The minimum Gasteiger partial charge on any atom is -0.326 e. The van der Waals surface area contributed by atoms with Gasteiger partial charge in [-0.15, -0.1) is 0 Å². The van der Waals surface area contributed by atoms with Crippen molar-refractivity contribution in [2.24, 2.45) is 5.92 Å². The van der Waals surface area contributed by atoms with Crippen molar-refractivity contribution in [1.29, 1.82) is 0 Å². The number of anilines is 1. The molecule has 0 bridgehead atoms. The Labute approximate surface area is 150 Å². The molecular formula is C18H27N3O3S. The molecule has 0 radical (unpaired) electrons. The van der Waals surface area contributed by atoms with Crippen molar-refractivity contribution < 1.29 is 13.2 Å². The summed E-state index contributed by atoms with van der Waals surface area (Å²) in [6.45, 7) is 1.52. The first-order valence-electron chi connectivity index (χ1n) is 9.08. The molecule has 0 aromatic heterocycles. The Hall–Kier alpha value is -1.44. The number of nitrogens with zero attached hydrogens (tertiary/aromatic N) is 1. The van der Waals surface area contributed by atoms with Crippen LogP contribution in [0.2, 0.25) is 0 Å². The van der Waals surface area contributed by atoms with Crippen molar-refractivity contribution in [1.82, 2.24) is 9.62 Å². The maximum atomic E-state index is 12.9. The number of benzene rings is 1. The summed E-state index contributed by atoms with van der Waals surface area (Å²) in [4.78, 5) is 12.5. The van der Waals surface area contributed by atoms with E-state index in [1.54, 1.807) is 31.3 Å². The lowest BCUT2D eigenvalue weighted by atomic mass is 9.96. The zero-order valence-electron chi connectivity index (χ0n) is 14.7. The van der Waals surface area contributed by atoms with Gasteiger partial charge in [-0.05, 0) is 44.0 Å². The standard InChI is InChI=1S/C18H27N3O3S/c1-21(16-7-3-2-4-8-16)25(23,24)17-9-5-6-15(12-17)20-18(22)14-10-11-19-13-14/h5-6,9,12,14,16,19H,2-4,7-8,10-11,13H2,1H3,(H,20,22). The van der Waals surface area contributed by atoms with E-state index in [4.69, 9.17) is 0 Å². The highest BCUT2D eigenvalue weighted by Crippen LogP contribution is 2.27. The molecule has 1 amide bonds. The molecule has 0 spiro atoms. The fraction of sp³-hybridized carbons (Fsp3) is 0.611. The second kappa shape index (κ2) is 7.85. The van der Waals surface area contributed by atoms with Gasteiger partial charge in [0.15, 0.2) is 0 Å². The van der Waals surface area contributed by atoms with E-state index in [1.165, 1.54) is 10.7 Å². The summed E-state index contributed by atoms with van der Waals surface area (Å²) in [6.07, 6.45) is 5.99. The third-order valence-electron chi connectivity index (χ3n) is 5.30. The first-order valence-corrected chi connectivity index (χ1v) is 10.5. The Morgan fingerprint density at radius 1 is 1.20 bits per heavy atom. The van der Waals surface area contributed by atoms with Crippen LogP contribution in [0.1, 0.15) is 38.5 Å². The van der Waals surface area contributed by atoms with Gasteiger partial charge < -0.3 is 10.6 Å². The van der Waals surface area contributed by atoms with Gasteiger partial charge in [0.05, 0.1) is 10.8 Å². The zero-order valence-corrected chi connectivity index (χ0v) is 15.5. The minimum atomic E-state index is -3.55. The van der Waals surface area contributed by atoms with E-state index in [1.807, 2.05) is 0 Å². The van der Waals surface area contributed by atoms with E-state index in [2.05, 4.69) is 10.6 Å². The van der Waals surface area contributed by atoms with Crippen LogP contribution in [-0.2, 0) is 14.8 Å². The van der Waals surface area contributed by atoms with Gasteiger partial charge in [-0.1, -0.05) is 25.3 Å². The maximum absolute atomic E-state index is 12.9. The van der Waals surface area contributed by atoms with E-state index in [-0.39, 0.29) is 22.8 Å². The molecule has 1 aliphatic heterocycles. The van der Waals surface area contributed by atoms with E-state index < -0.39 is 10.0 Å². The van der Waals surface area contributed by atoms with Crippen molar-refractivity contribution in [3.05, 3.63) is 24.3 Å². The van der Waals surface area contributed by atoms with Gasteiger partial charge in [-0.25, -0.2) is 8.42 Å². The van der Waals surface area contributed by atoms with Crippen LogP contribution in [0.4, 0.5) is 5.69 Å². The Morgan fingerprint density at radius 2 is 1.96 bits per heavy atom. The second-order valence-electron chi connectivity index (χ2n) is 7.02. The number of carbonyl (C=O) groups excluding carboxylic acids is 1. The highest BCUT2D eigenvalue weighted by atomic mass is 32.2. The molecule has 3 rings (SSSR count). The first kappa shape index (κ1) is 18.4. The Kier molecular flexibility index (Phi) is 5.76. The molecule has 1 aromatic rings. The Morgan fingerprint density at radius 3 is 2.64 bits per heavy atom. The average molecular weight is 365 g/mol. The van der Waals surface area contributed by atoms with Crippen LogP contribution < -0.4 is 10.6 Å². The van der Waals surface area contributed by atoms with Crippen molar-refractivity contribution in [2.75, 3.05) is 25.5 Å². The summed E-state index contributed by atoms with van der Waals surface area (Å²) in [5, 5.41) is 6.02. The van der Waals surface area contributed by atoms with Gasteiger partial charge in [0, 0.05) is 25.3 Å². The number of sulfonamides is 1. The quantitative estimate of drug-likeness (QED) is 0.838. The monoisotopic (exact) mass is 365 g/mol. The third kappa shape index (κ3) is 4.22. The molecule has 25 heavy (non-hydrogen) atoms. The van der Waals surface area contributed by atoms with E-state index in [0.29, 0.717) is 12.2 Å². The molecule has 2 fully saturated rings. The lowest BCUT2D eigenvalue weighted by Crippen LogP contribution is -2.38. The molecule has 6 nitrogen and oxygen atoms in total. The highest BCUT2D eigenvalue weighted by molar-refractivity contribution is 7.89. The molecule has 1 aliphatic carbocycles. The first-order chi connectivity index (χ1) is 12.0. The summed E-state index contributed by atoms with van der Waals surface area (Å²) in [5.41, 5.74) is 0.537. The molecular weight excluding hydrogens is 338 g/mol. The Bertz CT molecular complexity index is 708. The smallest absolute Gasteiger partial charge is 0.243 e. The van der Waals surface area contributed by atoms with Gasteiger partial charge in [0.25, 0.3) is 0 Å². The fourth-order valence-corrected chi connectivity index (χ4v) is 5.13. The predicted molar refractivity (Wildman–Crippen MR) is 97.9 cm³/mol. The summed E-state index contributed by atoms with van der Waals surface area (Å²) >= 11 is 0. The topological polar surface area (TPSA) is 78.5 Å². The van der Waals surface area contributed by atoms with Crippen molar-refractivity contribution in [2.45, 2.75) is 49.5 Å². The normalized spacial score (nSPS) is 22.2. The van der Waals surface area contributed by atoms with Crippen LogP contribution in [0, 0.1) is 5.92 Å². The highest BCUT2D eigenvalue weighted by Gasteiger charge is 2.29.